The number of aliphatic carboxylic acids is 1. The van der Waals surface area contributed by atoms with Gasteiger partial charge in [0, 0.05) is 18.6 Å². The molecule has 0 aliphatic rings. The highest BCUT2D eigenvalue weighted by atomic mass is 16.5. The van der Waals surface area contributed by atoms with Crippen LogP contribution in [-0.4, -0.2) is 41.9 Å². The van der Waals surface area contributed by atoms with E-state index >= 15 is 0 Å². The van der Waals surface area contributed by atoms with Crippen LogP contribution in [0.15, 0.2) is 10.6 Å². The quantitative estimate of drug-likeness (QED) is 0.820. The molecule has 0 spiro atoms. The number of methoxy groups -OCH3 is 1. The molecule has 1 amide bonds. The Morgan fingerprint density at radius 3 is 2.58 bits per heavy atom. The number of carbonyl (C=O) groups excluding carboxylic acids is 1. The molecular weight excluding hydrogens is 252 g/mol. The van der Waals surface area contributed by atoms with Crippen molar-refractivity contribution in [2.45, 2.75) is 32.3 Å². The van der Waals surface area contributed by atoms with Crippen LogP contribution in [0, 0.1) is 0 Å². The Morgan fingerprint density at radius 2 is 2.16 bits per heavy atom. The van der Waals surface area contributed by atoms with E-state index in [1.54, 1.807) is 0 Å². The van der Waals surface area contributed by atoms with E-state index in [2.05, 4.69) is 10.5 Å². The maximum absolute atomic E-state index is 11.7. The third-order valence-electron chi connectivity index (χ3n) is 2.49. The maximum Gasteiger partial charge on any atom is 0.334 e. The predicted octanol–water partition coefficient (Wildman–Crippen LogP) is 0.801. The Labute approximate surface area is 110 Å². The number of nitrogens with one attached hydrogen (secondary N) is 1. The van der Waals surface area contributed by atoms with Crippen molar-refractivity contribution in [3.05, 3.63) is 17.5 Å². The number of carbonyl (C=O) groups is 2. The Morgan fingerprint density at radius 1 is 1.53 bits per heavy atom. The summed E-state index contributed by atoms with van der Waals surface area (Å²) in [5.41, 5.74) is -0.132. The molecule has 19 heavy (non-hydrogen) atoms. The van der Waals surface area contributed by atoms with Gasteiger partial charge in [-0.15, -0.1) is 0 Å². The third-order valence-corrected chi connectivity index (χ3v) is 2.49. The van der Waals surface area contributed by atoms with Gasteiger partial charge in [-0.3, -0.25) is 4.79 Å². The minimum atomic E-state index is -1.14. The van der Waals surface area contributed by atoms with Crippen molar-refractivity contribution in [3.63, 3.8) is 0 Å². The second-order valence-corrected chi connectivity index (χ2v) is 5.10. The van der Waals surface area contributed by atoms with Crippen LogP contribution < -0.4 is 5.32 Å². The molecule has 0 bridgehead atoms. The predicted molar refractivity (Wildman–Crippen MR) is 66.0 cm³/mol. The van der Waals surface area contributed by atoms with Crippen molar-refractivity contribution in [1.29, 1.82) is 0 Å². The monoisotopic (exact) mass is 270 g/mol. The molecular formula is C12H18N2O5. The molecule has 0 aliphatic heterocycles. The number of rotatable bonds is 5. The smallest absolute Gasteiger partial charge is 0.334 e. The first-order valence-electron chi connectivity index (χ1n) is 5.76. The van der Waals surface area contributed by atoms with Crippen LogP contribution in [0.1, 0.15) is 37.0 Å². The summed E-state index contributed by atoms with van der Waals surface area (Å²) in [5.74, 6) is -1.06. The number of aromatic nitrogens is 1. The molecule has 0 aliphatic carbocycles. The third kappa shape index (κ3) is 4.06. The zero-order valence-corrected chi connectivity index (χ0v) is 11.4. The summed E-state index contributed by atoms with van der Waals surface area (Å²) in [6, 6.07) is 1.54. The van der Waals surface area contributed by atoms with Crippen LogP contribution in [0.3, 0.4) is 0 Å². The van der Waals surface area contributed by atoms with Gasteiger partial charge in [0.05, 0.1) is 6.54 Å². The fourth-order valence-electron chi connectivity index (χ4n) is 1.28. The highest BCUT2D eigenvalue weighted by Gasteiger charge is 2.23. The van der Waals surface area contributed by atoms with Gasteiger partial charge in [0.1, 0.15) is 5.76 Å². The van der Waals surface area contributed by atoms with Gasteiger partial charge < -0.3 is 19.7 Å². The zero-order valence-electron chi connectivity index (χ0n) is 11.4. The molecule has 1 aromatic rings. The number of carboxylic acids is 1. The van der Waals surface area contributed by atoms with Crippen molar-refractivity contribution < 1.29 is 24.0 Å². The molecule has 0 saturated carbocycles. The summed E-state index contributed by atoms with van der Waals surface area (Å²) in [6.07, 6.45) is -1.09. The molecule has 2 N–H and O–H groups in total. The van der Waals surface area contributed by atoms with Gasteiger partial charge in [-0.1, -0.05) is 25.9 Å². The number of carboxylic acid groups (broad SMARTS) is 1. The fraction of sp³-hybridized carbons (Fsp3) is 0.583. The van der Waals surface area contributed by atoms with Crippen molar-refractivity contribution in [1.82, 2.24) is 10.5 Å². The summed E-state index contributed by atoms with van der Waals surface area (Å²) >= 11 is 0. The number of amides is 1. The molecule has 1 atom stereocenters. The first-order chi connectivity index (χ1) is 8.75. The average Bonchev–Trinajstić information content (AvgIpc) is 2.77. The zero-order chi connectivity index (χ0) is 14.6. The minimum absolute atomic E-state index is 0.116. The van der Waals surface area contributed by atoms with Crippen LogP contribution in [0.5, 0.6) is 0 Å². The molecule has 106 valence electrons. The van der Waals surface area contributed by atoms with Crippen molar-refractivity contribution in [2.24, 2.45) is 0 Å². The molecule has 0 radical (unpaired) electrons. The second kappa shape index (κ2) is 5.83. The lowest BCUT2D eigenvalue weighted by Crippen LogP contribution is -2.37. The van der Waals surface area contributed by atoms with Crippen molar-refractivity contribution in [2.75, 3.05) is 13.7 Å². The van der Waals surface area contributed by atoms with E-state index in [0.29, 0.717) is 5.76 Å². The van der Waals surface area contributed by atoms with Gasteiger partial charge in [-0.25, -0.2) is 4.79 Å². The van der Waals surface area contributed by atoms with Gasteiger partial charge in [0.2, 0.25) is 0 Å². The largest absolute Gasteiger partial charge is 0.479 e. The molecule has 0 aromatic carbocycles. The maximum atomic E-state index is 11.7. The summed E-state index contributed by atoms with van der Waals surface area (Å²) in [4.78, 5) is 22.5. The fourth-order valence-corrected chi connectivity index (χ4v) is 1.28. The normalized spacial score (nSPS) is 13.1. The van der Waals surface area contributed by atoms with Crippen molar-refractivity contribution >= 4 is 11.9 Å². The number of hydrogen-bond acceptors (Lipinski definition) is 5. The first kappa shape index (κ1) is 15.2. The van der Waals surface area contributed by atoms with E-state index in [9.17, 15) is 9.59 Å². The van der Waals surface area contributed by atoms with Crippen molar-refractivity contribution in [3.8, 4) is 0 Å². The van der Waals surface area contributed by atoms with Gasteiger partial charge in [0.25, 0.3) is 5.91 Å². The summed E-state index contributed by atoms with van der Waals surface area (Å²) < 4.78 is 9.77. The molecule has 1 rings (SSSR count). The molecule has 0 fully saturated rings. The minimum Gasteiger partial charge on any atom is -0.479 e. The average molecular weight is 270 g/mol. The number of hydrogen-bond donors (Lipinski definition) is 2. The van der Waals surface area contributed by atoms with Crippen LogP contribution in [0.25, 0.3) is 0 Å². The lowest BCUT2D eigenvalue weighted by molar-refractivity contribution is -0.148. The van der Waals surface area contributed by atoms with Gasteiger partial charge in [-0.05, 0) is 0 Å². The van der Waals surface area contributed by atoms with Gasteiger partial charge >= 0.3 is 5.97 Å². The summed E-state index contributed by atoms with van der Waals surface area (Å²) in [6.45, 7) is 5.66. The molecule has 7 nitrogen and oxygen atoms in total. The van der Waals surface area contributed by atoms with Crippen LogP contribution in [0.2, 0.25) is 0 Å². The van der Waals surface area contributed by atoms with E-state index in [4.69, 9.17) is 14.4 Å². The standard InChI is InChI=1S/C12H18N2O5/c1-12(2,3)9-5-7(14-19-9)10(15)13-6-8(18-4)11(16)17/h5,8H,6H2,1-4H3,(H,13,15)(H,16,17). The first-order valence-corrected chi connectivity index (χ1v) is 5.76. The highest BCUT2D eigenvalue weighted by molar-refractivity contribution is 5.92. The molecule has 0 saturated heterocycles. The molecule has 1 aromatic heterocycles. The highest BCUT2D eigenvalue weighted by Crippen LogP contribution is 2.22. The summed E-state index contributed by atoms with van der Waals surface area (Å²) in [7, 11) is 1.26. The van der Waals surface area contributed by atoms with E-state index in [-0.39, 0.29) is 17.7 Å². The second-order valence-electron chi connectivity index (χ2n) is 5.10. The SMILES string of the molecule is COC(CNC(=O)c1cc(C(C)(C)C)on1)C(=O)O. The van der Waals surface area contributed by atoms with Crippen LogP contribution >= 0.6 is 0 Å². The lowest BCUT2D eigenvalue weighted by Gasteiger charge is -2.12. The Hall–Kier alpha value is -1.89. The molecule has 7 heteroatoms. The topological polar surface area (TPSA) is 102 Å². The van der Waals surface area contributed by atoms with E-state index < -0.39 is 18.0 Å². The Balaban J connectivity index is 2.64. The number of nitrogens with zero attached hydrogens (tertiary/aromatic N) is 1. The number of ether oxygens (including phenoxy) is 1. The molecule has 1 heterocycles. The van der Waals surface area contributed by atoms with E-state index in [1.807, 2.05) is 20.8 Å². The van der Waals surface area contributed by atoms with Crippen LogP contribution in [-0.2, 0) is 14.9 Å². The van der Waals surface area contributed by atoms with Gasteiger partial charge in [-0.2, -0.15) is 0 Å². The lowest BCUT2D eigenvalue weighted by atomic mass is 9.93. The van der Waals surface area contributed by atoms with E-state index in [0.717, 1.165) is 0 Å². The molecule has 1 unspecified atom stereocenters. The summed E-state index contributed by atoms with van der Waals surface area (Å²) in [5, 5.41) is 14.8. The van der Waals surface area contributed by atoms with Crippen LogP contribution in [0.4, 0.5) is 0 Å². The van der Waals surface area contributed by atoms with Gasteiger partial charge in [0.15, 0.2) is 11.8 Å². The Bertz CT molecular complexity index is 461. The Kier molecular flexibility index (Phi) is 4.66. The van der Waals surface area contributed by atoms with E-state index in [1.165, 1.54) is 13.2 Å².